The van der Waals surface area contributed by atoms with Crippen LogP contribution in [-0.4, -0.2) is 30.0 Å². The third kappa shape index (κ3) is 6.29. The van der Waals surface area contributed by atoms with E-state index in [1.54, 1.807) is 32.9 Å². The molecule has 25 heavy (non-hydrogen) atoms. The zero-order chi connectivity index (χ0) is 18.6. The van der Waals surface area contributed by atoms with Crippen molar-refractivity contribution in [3.63, 3.8) is 0 Å². The molecule has 0 spiro atoms. The van der Waals surface area contributed by atoms with Gasteiger partial charge in [0, 0.05) is 12.0 Å². The van der Waals surface area contributed by atoms with E-state index >= 15 is 0 Å². The monoisotopic (exact) mass is 349 g/mol. The van der Waals surface area contributed by atoms with Crippen LogP contribution in [0.4, 0.5) is 9.59 Å². The molecule has 2 rings (SSSR count). The van der Waals surface area contributed by atoms with Crippen LogP contribution in [0.1, 0.15) is 58.9 Å². The number of nitrogens with one attached hydrogen (secondary N) is 1. The van der Waals surface area contributed by atoms with Gasteiger partial charge in [-0.25, -0.2) is 9.59 Å². The smallest absolute Gasteiger partial charge is 0.447 e. The standard InChI is InChI=1S/C19H27NO5/c1-6-12(2)23-17(21)20-16-11-15(16)13-8-7-9-14(10-13)24-18(22)25-19(3,4)5/h7-10,12,15-16H,6,11H2,1-5H3,(H,20,21). The van der Waals surface area contributed by atoms with Crippen molar-refractivity contribution < 1.29 is 23.8 Å². The molecular weight excluding hydrogens is 322 g/mol. The molecule has 6 nitrogen and oxygen atoms in total. The van der Waals surface area contributed by atoms with E-state index in [0.29, 0.717) is 5.75 Å². The minimum absolute atomic E-state index is 0.0494. The van der Waals surface area contributed by atoms with Crippen molar-refractivity contribution in [2.24, 2.45) is 0 Å². The van der Waals surface area contributed by atoms with Crippen LogP contribution in [0.3, 0.4) is 0 Å². The lowest BCUT2D eigenvalue weighted by molar-refractivity contribution is 0.0206. The predicted molar refractivity (Wildman–Crippen MR) is 93.8 cm³/mol. The molecule has 1 amide bonds. The van der Waals surface area contributed by atoms with Gasteiger partial charge in [0.2, 0.25) is 0 Å². The molecule has 1 saturated carbocycles. The third-order valence-electron chi connectivity index (χ3n) is 3.85. The molecule has 1 fully saturated rings. The molecule has 0 aliphatic heterocycles. The van der Waals surface area contributed by atoms with E-state index < -0.39 is 11.8 Å². The van der Waals surface area contributed by atoms with Gasteiger partial charge in [0.05, 0.1) is 0 Å². The van der Waals surface area contributed by atoms with Crippen LogP contribution in [0.2, 0.25) is 0 Å². The predicted octanol–water partition coefficient (Wildman–Crippen LogP) is 4.38. The highest BCUT2D eigenvalue weighted by Gasteiger charge is 2.40. The second kappa shape index (κ2) is 7.76. The maximum Gasteiger partial charge on any atom is 0.514 e. The van der Waals surface area contributed by atoms with Crippen molar-refractivity contribution in [2.75, 3.05) is 0 Å². The number of alkyl carbamates (subject to hydrolysis) is 1. The van der Waals surface area contributed by atoms with Gasteiger partial charge < -0.3 is 19.5 Å². The molecule has 0 aromatic heterocycles. The van der Waals surface area contributed by atoms with E-state index in [1.807, 2.05) is 26.0 Å². The van der Waals surface area contributed by atoms with Gasteiger partial charge >= 0.3 is 12.2 Å². The molecular formula is C19H27NO5. The fraction of sp³-hybridized carbons (Fsp3) is 0.579. The Hall–Kier alpha value is -2.24. The maximum atomic E-state index is 11.8. The first-order chi connectivity index (χ1) is 11.7. The summed E-state index contributed by atoms with van der Waals surface area (Å²) in [5.41, 5.74) is 0.408. The Kier molecular flexibility index (Phi) is 5.93. The average molecular weight is 349 g/mol. The highest BCUT2D eigenvalue weighted by atomic mass is 16.7. The van der Waals surface area contributed by atoms with Crippen molar-refractivity contribution in [3.8, 4) is 5.75 Å². The molecule has 1 aromatic rings. The van der Waals surface area contributed by atoms with Crippen LogP contribution < -0.4 is 10.1 Å². The van der Waals surface area contributed by atoms with E-state index in [1.165, 1.54) is 0 Å². The molecule has 138 valence electrons. The van der Waals surface area contributed by atoms with Crippen molar-refractivity contribution in [2.45, 2.75) is 71.1 Å². The lowest BCUT2D eigenvalue weighted by Gasteiger charge is -2.18. The quantitative estimate of drug-likeness (QED) is 0.631. The summed E-state index contributed by atoms with van der Waals surface area (Å²) in [6.07, 6.45) is 0.412. The van der Waals surface area contributed by atoms with Gasteiger partial charge in [0.1, 0.15) is 17.5 Å². The van der Waals surface area contributed by atoms with E-state index in [-0.39, 0.29) is 24.2 Å². The lowest BCUT2D eigenvalue weighted by atomic mass is 10.1. The van der Waals surface area contributed by atoms with Crippen LogP contribution in [0, 0.1) is 0 Å². The van der Waals surface area contributed by atoms with E-state index in [4.69, 9.17) is 14.2 Å². The number of amides is 1. The Morgan fingerprint density at radius 2 is 2.04 bits per heavy atom. The molecule has 6 heteroatoms. The zero-order valence-electron chi connectivity index (χ0n) is 15.5. The van der Waals surface area contributed by atoms with Gasteiger partial charge in [-0.1, -0.05) is 19.1 Å². The molecule has 0 radical (unpaired) electrons. The fourth-order valence-corrected chi connectivity index (χ4v) is 2.35. The normalized spacial score (nSPS) is 20.4. The topological polar surface area (TPSA) is 73.9 Å². The van der Waals surface area contributed by atoms with E-state index in [2.05, 4.69) is 5.32 Å². The first-order valence-corrected chi connectivity index (χ1v) is 8.66. The minimum atomic E-state index is -0.729. The Balaban J connectivity index is 1.88. The van der Waals surface area contributed by atoms with E-state index in [0.717, 1.165) is 18.4 Å². The number of hydrogen-bond acceptors (Lipinski definition) is 5. The number of ether oxygens (including phenoxy) is 3. The highest BCUT2D eigenvalue weighted by Crippen LogP contribution is 2.41. The molecule has 0 saturated heterocycles. The van der Waals surface area contributed by atoms with Crippen molar-refractivity contribution in [3.05, 3.63) is 29.8 Å². The SMILES string of the molecule is CCC(C)OC(=O)NC1CC1c1cccc(OC(=O)OC(C)(C)C)c1. The molecule has 1 aromatic carbocycles. The Labute approximate surface area is 148 Å². The maximum absolute atomic E-state index is 11.8. The number of rotatable bonds is 5. The molecule has 0 bridgehead atoms. The second-order valence-electron chi connectivity index (χ2n) is 7.36. The molecule has 0 heterocycles. The van der Waals surface area contributed by atoms with Crippen LogP contribution in [0.5, 0.6) is 5.75 Å². The van der Waals surface area contributed by atoms with Crippen LogP contribution in [-0.2, 0) is 9.47 Å². The number of benzene rings is 1. The van der Waals surface area contributed by atoms with Crippen molar-refractivity contribution in [1.82, 2.24) is 5.32 Å². The van der Waals surface area contributed by atoms with Gasteiger partial charge in [-0.3, -0.25) is 0 Å². The highest BCUT2D eigenvalue weighted by molar-refractivity contribution is 5.69. The molecule has 3 unspecified atom stereocenters. The minimum Gasteiger partial charge on any atom is -0.447 e. The van der Waals surface area contributed by atoms with Gasteiger partial charge in [-0.15, -0.1) is 0 Å². The molecule has 1 N–H and O–H groups in total. The van der Waals surface area contributed by atoms with Crippen molar-refractivity contribution >= 4 is 12.2 Å². The zero-order valence-corrected chi connectivity index (χ0v) is 15.5. The van der Waals surface area contributed by atoms with E-state index in [9.17, 15) is 9.59 Å². The summed E-state index contributed by atoms with van der Waals surface area (Å²) < 4.78 is 15.6. The summed E-state index contributed by atoms with van der Waals surface area (Å²) >= 11 is 0. The van der Waals surface area contributed by atoms with Gasteiger partial charge in [-0.05, 0) is 58.2 Å². The Bertz CT molecular complexity index is 622. The van der Waals surface area contributed by atoms with Gasteiger partial charge in [0.25, 0.3) is 0 Å². The number of hydrogen-bond donors (Lipinski definition) is 1. The average Bonchev–Trinajstić information content (AvgIpc) is 3.24. The summed E-state index contributed by atoms with van der Waals surface area (Å²) in [4.78, 5) is 23.5. The summed E-state index contributed by atoms with van der Waals surface area (Å²) in [7, 11) is 0. The first-order valence-electron chi connectivity index (χ1n) is 8.66. The van der Waals surface area contributed by atoms with Crippen LogP contribution in [0.15, 0.2) is 24.3 Å². The Morgan fingerprint density at radius 3 is 2.68 bits per heavy atom. The summed E-state index contributed by atoms with van der Waals surface area (Å²) in [5, 5.41) is 2.87. The largest absolute Gasteiger partial charge is 0.514 e. The first kappa shape index (κ1) is 19.1. The van der Waals surface area contributed by atoms with Gasteiger partial charge in [-0.2, -0.15) is 0 Å². The summed E-state index contributed by atoms with van der Waals surface area (Å²) in [6, 6.07) is 7.33. The van der Waals surface area contributed by atoms with Crippen molar-refractivity contribution in [1.29, 1.82) is 0 Å². The fourth-order valence-electron chi connectivity index (χ4n) is 2.35. The third-order valence-corrected chi connectivity index (χ3v) is 3.85. The number of carbonyl (C=O) groups is 2. The molecule has 1 aliphatic carbocycles. The molecule has 1 aliphatic rings. The second-order valence-corrected chi connectivity index (χ2v) is 7.36. The summed E-state index contributed by atoms with van der Waals surface area (Å²) in [6.45, 7) is 9.17. The lowest BCUT2D eigenvalue weighted by Crippen LogP contribution is -2.30. The summed E-state index contributed by atoms with van der Waals surface area (Å²) in [5.74, 6) is 0.631. The van der Waals surface area contributed by atoms with Crippen LogP contribution in [0.25, 0.3) is 0 Å². The van der Waals surface area contributed by atoms with Crippen LogP contribution >= 0.6 is 0 Å². The van der Waals surface area contributed by atoms with Gasteiger partial charge in [0.15, 0.2) is 0 Å². The number of carbonyl (C=O) groups excluding carboxylic acids is 2. The Morgan fingerprint density at radius 1 is 1.32 bits per heavy atom. The molecule has 3 atom stereocenters.